The predicted octanol–water partition coefficient (Wildman–Crippen LogP) is 2.43. The first-order valence-corrected chi connectivity index (χ1v) is 9.05. The van der Waals surface area contributed by atoms with Gasteiger partial charge in [-0.2, -0.15) is 4.98 Å². The number of hydrogen-bond donors (Lipinski definition) is 2. The molecule has 0 bridgehead atoms. The maximum atomic E-state index is 12.1. The Bertz CT molecular complexity index is 874. The molecule has 0 aliphatic rings. The Labute approximate surface area is 179 Å². The number of nitrogens with one attached hydrogen (secondary N) is 2. The number of nitrogens with zero attached hydrogens (tertiary/aromatic N) is 5. The Morgan fingerprint density at radius 2 is 2.14 bits per heavy atom. The molecule has 12 nitrogen and oxygen atoms in total. The van der Waals surface area contributed by atoms with Crippen LogP contribution in [0.1, 0.15) is 5.82 Å². The number of amides is 1. The van der Waals surface area contributed by atoms with Crippen molar-refractivity contribution in [3.63, 3.8) is 0 Å². The van der Waals surface area contributed by atoms with Crippen LogP contribution in [0.3, 0.4) is 0 Å². The topological polar surface area (TPSA) is 146 Å². The average Bonchev–Trinajstić information content (AvgIpc) is 3.01. The minimum absolute atomic E-state index is 0.0143. The third kappa shape index (κ3) is 6.48. The highest BCUT2D eigenvalue weighted by molar-refractivity contribution is 6.68. The van der Waals surface area contributed by atoms with E-state index in [1.54, 1.807) is 6.92 Å². The van der Waals surface area contributed by atoms with E-state index in [2.05, 4.69) is 25.6 Å². The van der Waals surface area contributed by atoms with Crippen molar-refractivity contribution in [2.45, 2.75) is 23.4 Å². The van der Waals surface area contributed by atoms with Crippen LogP contribution in [-0.2, 0) is 11.3 Å². The molecule has 2 rings (SSSR count). The first-order chi connectivity index (χ1) is 13.6. The van der Waals surface area contributed by atoms with Gasteiger partial charge in [0.25, 0.3) is 0 Å². The number of nitro groups is 1. The van der Waals surface area contributed by atoms with Crippen LogP contribution in [-0.4, -0.2) is 54.2 Å². The number of aromatic nitrogens is 4. The molecule has 0 fully saturated rings. The molecule has 0 saturated heterocycles. The number of rotatable bonds is 8. The van der Waals surface area contributed by atoms with Crippen molar-refractivity contribution in [2.75, 3.05) is 19.0 Å². The number of imidazole rings is 1. The smallest absolute Gasteiger partial charge is 0.409 e. The minimum atomic E-state index is -1.98. The molecule has 1 amide bonds. The summed E-state index contributed by atoms with van der Waals surface area (Å²) in [4.78, 5) is 34.2. The molecule has 0 spiro atoms. The summed E-state index contributed by atoms with van der Waals surface area (Å²) < 4.78 is 9.29. The first kappa shape index (κ1) is 22.7. The number of carbonyl (C=O) groups excluding carboxylic acids is 1. The van der Waals surface area contributed by atoms with E-state index in [-0.39, 0.29) is 30.8 Å². The lowest BCUT2D eigenvalue weighted by atomic mass is 10.5. The summed E-state index contributed by atoms with van der Waals surface area (Å²) in [5, 5.41) is 15.9. The summed E-state index contributed by atoms with van der Waals surface area (Å²) >= 11 is 17.6. The van der Waals surface area contributed by atoms with E-state index in [1.165, 1.54) is 23.9 Å². The van der Waals surface area contributed by atoms with Crippen molar-refractivity contribution < 1.29 is 19.2 Å². The van der Waals surface area contributed by atoms with E-state index in [9.17, 15) is 14.9 Å². The third-order valence-electron chi connectivity index (χ3n) is 3.47. The van der Waals surface area contributed by atoms with Gasteiger partial charge in [-0.1, -0.05) is 34.8 Å². The van der Waals surface area contributed by atoms with Crippen LogP contribution in [0.2, 0.25) is 0 Å². The van der Waals surface area contributed by atoms with Gasteiger partial charge in [-0.15, -0.1) is 0 Å². The van der Waals surface area contributed by atoms with Crippen molar-refractivity contribution >= 4 is 52.7 Å². The molecule has 2 heterocycles. The Morgan fingerprint density at radius 3 is 2.76 bits per heavy atom. The van der Waals surface area contributed by atoms with Crippen molar-refractivity contribution in [3.8, 4) is 5.88 Å². The zero-order valence-electron chi connectivity index (χ0n) is 15.1. The maximum absolute atomic E-state index is 12.1. The molecule has 0 aromatic carbocycles. The summed E-state index contributed by atoms with van der Waals surface area (Å²) in [7, 11) is 1.42. The molecule has 2 N–H and O–H groups in total. The zero-order valence-corrected chi connectivity index (χ0v) is 17.4. The molecule has 0 aliphatic heterocycles. The monoisotopic (exact) mass is 467 g/mol. The van der Waals surface area contributed by atoms with E-state index >= 15 is 0 Å². The first-order valence-electron chi connectivity index (χ1n) is 7.92. The zero-order chi connectivity index (χ0) is 21.6. The summed E-state index contributed by atoms with van der Waals surface area (Å²) in [6, 6.07) is 1.51. The Kier molecular flexibility index (Phi) is 7.65. The number of alkyl carbamates (subject to hydrolysis) is 1. The van der Waals surface area contributed by atoms with Gasteiger partial charge in [0.2, 0.25) is 15.6 Å². The molecule has 29 heavy (non-hydrogen) atoms. The van der Waals surface area contributed by atoms with Crippen LogP contribution in [0.4, 0.5) is 16.6 Å². The minimum Gasteiger partial charge on any atom is -0.481 e. The maximum Gasteiger partial charge on any atom is 0.409 e. The van der Waals surface area contributed by atoms with Gasteiger partial charge in [-0.05, 0) is 4.92 Å². The van der Waals surface area contributed by atoms with Crippen molar-refractivity contribution in [2.24, 2.45) is 0 Å². The normalized spacial score (nSPS) is 12.2. The second-order valence-electron chi connectivity index (χ2n) is 5.39. The van der Waals surface area contributed by atoms with Gasteiger partial charge in [0.05, 0.1) is 7.11 Å². The fourth-order valence-corrected chi connectivity index (χ4v) is 2.45. The summed E-state index contributed by atoms with van der Waals surface area (Å²) in [5.74, 6) is 0.468. The van der Waals surface area contributed by atoms with Crippen LogP contribution in [0.5, 0.6) is 5.88 Å². The number of ether oxygens (including phenoxy) is 2. The number of carbonyl (C=O) groups is 1. The quantitative estimate of drug-likeness (QED) is 0.258. The number of halogens is 3. The van der Waals surface area contributed by atoms with Gasteiger partial charge in [0.15, 0.2) is 12.0 Å². The SMILES string of the molecule is COc1ccnc(NC(NC(=O)OCCn2c([N+](=O)[O-])cnc2C)C(Cl)(Cl)Cl)n1. The summed E-state index contributed by atoms with van der Waals surface area (Å²) in [6.45, 7) is 1.41. The molecule has 158 valence electrons. The van der Waals surface area contributed by atoms with Gasteiger partial charge < -0.3 is 24.9 Å². The number of methoxy groups -OCH3 is 1. The highest BCUT2D eigenvalue weighted by atomic mass is 35.6. The number of alkyl halides is 3. The van der Waals surface area contributed by atoms with Crippen molar-refractivity contribution in [1.82, 2.24) is 24.8 Å². The van der Waals surface area contributed by atoms with E-state index < -0.39 is 21.0 Å². The molecule has 0 saturated carbocycles. The lowest BCUT2D eigenvalue weighted by Gasteiger charge is -2.26. The molecular formula is C14H16Cl3N7O5. The number of anilines is 1. The largest absolute Gasteiger partial charge is 0.481 e. The highest BCUT2D eigenvalue weighted by Gasteiger charge is 2.35. The second kappa shape index (κ2) is 9.76. The van der Waals surface area contributed by atoms with Gasteiger partial charge in [0, 0.05) is 19.2 Å². The standard InChI is InChI=1S/C14H16Cl3N7O5/c1-8-19-7-10(24(26)27)23(8)5-6-29-13(25)22-11(14(15,16)17)21-12-18-4-3-9(20-12)28-2/h3-4,7,11H,5-6H2,1-2H3,(H,22,25)(H,18,20,21). The lowest BCUT2D eigenvalue weighted by Crippen LogP contribution is -2.49. The third-order valence-corrected chi connectivity index (χ3v) is 4.13. The van der Waals surface area contributed by atoms with Crippen LogP contribution in [0.15, 0.2) is 18.5 Å². The van der Waals surface area contributed by atoms with Crippen LogP contribution >= 0.6 is 34.8 Å². The number of aryl methyl sites for hydroxylation is 1. The fourth-order valence-electron chi connectivity index (χ4n) is 2.12. The molecule has 1 unspecified atom stereocenters. The Morgan fingerprint density at radius 1 is 1.41 bits per heavy atom. The Balaban J connectivity index is 1.96. The van der Waals surface area contributed by atoms with Crippen LogP contribution in [0.25, 0.3) is 0 Å². The highest BCUT2D eigenvalue weighted by Crippen LogP contribution is 2.30. The van der Waals surface area contributed by atoms with Gasteiger partial charge >= 0.3 is 11.9 Å². The van der Waals surface area contributed by atoms with E-state index in [1.807, 2.05) is 0 Å². The van der Waals surface area contributed by atoms with Crippen molar-refractivity contribution in [1.29, 1.82) is 0 Å². The van der Waals surface area contributed by atoms with Gasteiger partial charge in [0.1, 0.15) is 19.3 Å². The van der Waals surface area contributed by atoms with E-state index in [4.69, 9.17) is 44.3 Å². The molecule has 0 aliphatic carbocycles. The molecule has 1 atom stereocenters. The predicted molar refractivity (Wildman–Crippen MR) is 104 cm³/mol. The van der Waals surface area contributed by atoms with Crippen LogP contribution < -0.4 is 15.4 Å². The van der Waals surface area contributed by atoms with Crippen molar-refractivity contribution in [3.05, 3.63) is 34.4 Å². The summed E-state index contributed by atoms with van der Waals surface area (Å²) in [5.41, 5.74) is 0. The molecule has 2 aromatic heterocycles. The van der Waals surface area contributed by atoms with Crippen LogP contribution in [0, 0.1) is 17.0 Å². The lowest BCUT2D eigenvalue weighted by molar-refractivity contribution is -0.392. The average molecular weight is 469 g/mol. The second-order valence-corrected chi connectivity index (χ2v) is 7.76. The number of hydrogen-bond acceptors (Lipinski definition) is 9. The molecule has 0 radical (unpaired) electrons. The summed E-state index contributed by atoms with van der Waals surface area (Å²) in [6.07, 6.45) is 0.336. The molecule has 2 aromatic rings. The molecule has 15 heteroatoms. The van der Waals surface area contributed by atoms with E-state index in [0.717, 1.165) is 6.20 Å². The van der Waals surface area contributed by atoms with Gasteiger partial charge in [-0.3, -0.25) is 5.32 Å². The molecular weight excluding hydrogens is 453 g/mol. The Hall–Kier alpha value is -2.57. The van der Waals surface area contributed by atoms with E-state index in [0.29, 0.717) is 5.82 Å². The van der Waals surface area contributed by atoms with Gasteiger partial charge in [-0.25, -0.2) is 19.3 Å². The fraction of sp³-hybridized carbons (Fsp3) is 0.429.